The van der Waals surface area contributed by atoms with Crippen LogP contribution in [0.25, 0.3) is 0 Å². The van der Waals surface area contributed by atoms with E-state index in [4.69, 9.17) is 0 Å². The summed E-state index contributed by atoms with van der Waals surface area (Å²) in [6.45, 7) is 4.07. The summed E-state index contributed by atoms with van der Waals surface area (Å²) in [4.78, 5) is 4.20. The summed E-state index contributed by atoms with van der Waals surface area (Å²) in [6.07, 6.45) is 1.92. The van der Waals surface area contributed by atoms with Gasteiger partial charge in [-0.3, -0.25) is 0 Å². The van der Waals surface area contributed by atoms with E-state index in [9.17, 15) is 5.11 Å². The number of thiazole rings is 1. The molecule has 0 aliphatic carbocycles. The van der Waals surface area contributed by atoms with Gasteiger partial charge in [0.05, 0.1) is 11.1 Å². The zero-order valence-electron chi connectivity index (χ0n) is 9.47. The van der Waals surface area contributed by atoms with Crippen molar-refractivity contribution in [2.75, 3.05) is 0 Å². The van der Waals surface area contributed by atoms with Gasteiger partial charge in [-0.15, -0.1) is 11.3 Å². The maximum Gasteiger partial charge on any atom is 0.0954 e. The largest absolute Gasteiger partial charge is 0.388 e. The van der Waals surface area contributed by atoms with Crippen LogP contribution in [0.4, 0.5) is 0 Å². The van der Waals surface area contributed by atoms with Crippen molar-refractivity contribution in [2.45, 2.75) is 26.4 Å². The van der Waals surface area contributed by atoms with Crippen molar-refractivity contribution in [1.29, 1.82) is 0 Å². The topological polar surface area (TPSA) is 33.1 Å². The molecule has 0 fully saturated rings. The molecule has 0 saturated carbocycles. The third-order valence-corrected chi connectivity index (χ3v) is 3.53. The Morgan fingerprint density at radius 3 is 2.56 bits per heavy atom. The third kappa shape index (κ3) is 2.31. The Bertz CT molecular complexity index is 445. The number of rotatable bonds is 3. The van der Waals surface area contributed by atoms with Gasteiger partial charge in [0, 0.05) is 18.0 Å². The summed E-state index contributed by atoms with van der Waals surface area (Å²) in [7, 11) is 0. The fourth-order valence-electron chi connectivity index (χ4n) is 1.97. The number of aryl methyl sites for hydroxylation is 2. The molecular weight excluding hydrogens is 218 g/mol. The molecule has 1 N–H and O–H groups in total. The lowest BCUT2D eigenvalue weighted by Crippen LogP contribution is -2.05. The summed E-state index contributed by atoms with van der Waals surface area (Å²) in [5, 5.41) is 13.1. The predicted molar refractivity (Wildman–Crippen MR) is 66.7 cm³/mol. The van der Waals surface area contributed by atoms with Crippen LogP contribution >= 0.6 is 11.3 Å². The third-order valence-electron chi connectivity index (χ3n) is 2.73. The van der Waals surface area contributed by atoms with E-state index >= 15 is 0 Å². The quantitative estimate of drug-likeness (QED) is 0.884. The van der Waals surface area contributed by atoms with Crippen molar-refractivity contribution in [3.8, 4) is 0 Å². The lowest BCUT2D eigenvalue weighted by Gasteiger charge is -2.15. The average Bonchev–Trinajstić information content (AvgIpc) is 2.70. The molecule has 2 nitrogen and oxygen atoms in total. The summed E-state index contributed by atoms with van der Waals surface area (Å²) in [5.41, 5.74) is 3.32. The first-order valence-corrected chi connectivity index (χ1v) is 6.19. The molecule has 1 aromatic carbocycles. The molecule has 1 aromatic heterocycles. The van der Waals surface area contributed by atoms with E-state index in [0.29, 0.717) is 6.42 Å². The minimum atomic E-state index is -0.452. The van der Waals surface area contributed by atoms with E-state index in [1.54, 1.807) is 17.5 Å². The lowest BCUT2D eigenvalue weighted by atomic mass is 9.96. The van der Waals surface area contributed by atoms with Crippen LogP contribution in [0, 0.1) is 13.8 Å². The SMILES string of the molecule is Cc1cccc(C)c1C(O)Cc1nccs1. The Morgan fingerprint density at radius 1 is 1.31 bits per heavy atom. The van der Waals surface area contributed by atoms with Crippen molar-refractivity contribution < 1.29 is 5.11 Å². The van der Waals surface area contributed by atoms with Gasteiger partial charge in [-0.25, -0.2) is 4.98 Å². The number of aliphatic hydroxyl groups excluding tert-OH is 1. The van der Waals surface area contributed by atoms with Crippen LogP contribution in [0.15, 0.2) is 29.8 Å². The molecule has 1 atom stereocenters. The summed E-state index contributed by atoms with van der Waals surface area (Å²) < 4.78 is 0. The molecule has 2 aromatic rings. The van der Waals surface area contributed by atoms with E-state index in [0.717, 1.165) is 21.7 Å². The number of hydrogen-bond donors (Lipinski definition) is 1. The smallest absolute Gasteiger partial charge is 0.0954 e. The van der Waals surface area contributed by atoms with Gasteiger partial charge in [0.25, 0.3) is 0 Å². The molecule has 3 heteroatoms. The highest BCUT2D eigenvalue weighted by atomic mass is 32.1. The van der Waals surface area contributed by atoms with Gasteiger partial charge in [-0.2, -0.15) is 0 Å². The Hall–Kier alpha value is -1.19. The lowest BCUT2D eigenvalue weighted by molar-refractivity contribution is 0.177. The van der Waals surface area contributed by atoms with Crippen molar-refractivity contribution in [3.05, 3.63) is 51.5 Å². The summed E-state index contributed by atoms with van der Waals surface area (Å²) in [6, 6.07) is 6.09. The van der Waals surface area contributed by atoms with Crippen molar-refractivity contribution in [2.24, 2.45) is 0 Å². The second kappa shape index (κ2) is 4.76. The van der Waals surface area contributed by atoms with Crippen molar-refractivity contribution >= 4 is 11.3 Å². The molecule has 0 amide bonds. The maximum atomic E-state index is 10.2. The van der Waals surface area contributed by atoms with Crippen LogP contribution in [0.3, 0.4) is 0 Å². The van der Waals surface area contributed by atoms with Crippen LogP contribution in [0.2, 0.25) is 0 Å². The molecule has 0 aliphatic heterocycles. The molecule has 1 heterocycles. The summed E-state index contributed by atoms with van der Waals surface area (Å²) in [5.74, 6) is 0. The van der Waals surface area contributed by atoms with Crippen LogP contribution in [-0.2, 0) is 6.42 Å². The Kier molecular flexibility index (Phi) is 3.36. The Balaban J connectivity index is 2.24. The minimum Gasteiger partial charge on any atom is -0.388 e. The van der Waals surface area contributed by atoms with Crippen molar-refractivity contribution in [1.82, 2.24) is 4.98 Å². The molecule has 0 bridgehead atoms. The second-order valence-electron chi connectivity index (χ2n) is 3.95. The predicted octanol–water partition coefficient (Wildman–Crippen LogP) is 3.04. The molecule has 0 spiro atoms. The van der Waals surface area contributed by atoms with Crippen LogP contribution in [0.5, 0.6) is 0 Å². The second-order valence-corrected chi connectivity index (χ2v) is 4.93. The molecule has 0 aliphatic rings. The zero-order chi connectivity index (χ0) is 11.5. The van der Waals surface area contributed by atoms with Gasteiger partial charge in [0.1, 0.15) is 0 Å². The molecule has 16 heavy (non-hydrogen) atoms. The van der Waals surface area contributed by atoms with Crippen LogP contribution < -0.4 is 0 Å². The molecule has 1 unspecified atom stereocenters. The van der Waals surface area contributed by atoms with E-state index in [1.807, 2.05) is 37.4 Å². The van der Waals surface area contributed by atoms with Crippen LogP contribution in [0.1, 0.15) is 27.8 Å². The zero-order valence-corrected chi connectivity index (χ0v) is 10.3. The minimum absolute atomic E-state index is 0.452. The maximum absolute atomic E-state index is 10.2. The highest BCUT2D eigenvalue weighted by Gasteiger charge is 2.14. The first-order chi connectivity index (χ1) is 7.68. The first-order valence-electron chi connectivity index (χ1n) is 5.31. The monoisotopic (exact) mass is 233 g/mol. The van der Waals surface area contributed by atoms with Gasteiger partial charge in [-0.1, -0.05) is 18.2 Å². The fraction of sp³-hybridized carbons (Fsp3) is 0.308. The number of aromatic nitrogens is 1. The Morgan fingerprint density at radius 2 is 2.00 bits per heavy atom. The number of aliphatic hydroxyl groups is 1. The van der Waals surface area contributed by atoms with E-state index in [2.05, 4.69) is 4.98 Å². The van der Waals surface area contributed by atoms with Gasteiger partial charge in [0.2, 0.25) is 0 Å². The van der Waals surface area contributed by atoms with Gasteiger partial charge >= 0.3 is 0 Å². The Labute approximate surface area is 99.6 Å². The van der Waals surface area contributed by atoms with E-state index < -0.39 is 6.10 Å². The average molecular weight is 233 g/mol. The first kappa shape index (κ1) is 11.3. The number of nitrogens with zero attached hydrogens (tertiary/aromatic N) is 1. The van der Waals surface area contributed by atoms with Crippen molar-refractivity contribution in [3.63, 3.8) is 0 Å². The highest BCUT2D eigenvalue weighted by Crippen LogP contribution is 2.25. The number of hydrogen-bond acceptors (Lipinski definition) is 3. The molecular formula is C13H15NOS. The highest BCUT2D eigenvalue weighted by molar-refractivity contribution is 7.09. The molecule has 84 valence electrons. The molecule has 0 radical (unpaired) electrons. The number of benzene rings is 1. The molecule has 2 rings (SSSR count). The van der Waals surface area contributed by atoms with E-state index in [1.165, 1.54) is 0 Å². The summed E-state index contributed by atoms with van der Waals surface area (Å²) >= 11 is 1.59. The normalized spacial score (nSPS) is 12.7. The fourth-order valence-corrected chi connectivity index (χ4v) is 2.63. The van der Waals surface area contributed by atoms with Gasteiger partial charge in [0.15, 0.2) is 0 Å². The molecule has 0 saturated heterocycles. The van der Waals surface area contributed by atoms with Gasteiger partial charge in [-0.05, 0) is 30.5 Å². The van der Waals surface area contributed by atoms with Gasteiger partial charge < -0.3 is 5.11 Å². The van der Waals surface area contributed by atoms with E-state index in [-0.39, 0.29) is 0 Å². The van der Waals surface area contributed by atoms with Crippen LogP contribution in [-0.4, -0.2) is 10.1 Å². The standard InChI is InChI=1S/C13H15NOS/c1-9-4-3-5-10(2)13(9)11(15)8-12-14-6-7-16-12/h3-7,11,15H,8H2,1-2H3.